The Morgan fingerprint density at radius 2 is 2.12 bits per heavy atom. The number of carbonyl (C=O) groups is 1. The third-order valence-corrected chi connectivity index (χ3v) is 4.47. The van der Waals surface area contributed by atoms with Crippen LogP contribution in [0.2, 0.25) is 0 Å². The first-order valence-corrected chi connectivity index (χ1v) is 8.47. The number of anilines is 1. The molecule has 0 saturated carbocycles. The van der Waals surface area contributed by atoms with E-state index in [2.05, 4.69) is 31.3 Å². The van der Waals surface area contributed by atoms with Gasteiger partial charge in [0, 0.05) is 21.1 Å². The number of rotatable bonds is 3. The Balaban J connectivity index is 1.62. The van der Waals surface area contributed by atoms with Crippen molar-refractivity contribution in [3.05, 3.63) is 70.7 Å². The second-order valence-electron chi connectivity index (χ2n) is 5.66. The second-order valence-corrected chi connectivity index (χ2v) is 6.57. The maximum atomic E-state index is 14.3. The predicted octanol–water partition coefficient (Wildman–Crippen LogP) is 4.48. The van der Waals surface area contributed by atoms with Crippen LogP contribution in [0.5, 0.6) is 0 Å². The molecule has 0 fully saturated rings. The molecule has 0 saturated heterocycles. The maximum absolute atomic E-state index is 14.3. The first-order valence-electron chi connectivity index (χ1n) is 7.67. The number of nitrogens with zero attached hydrogens (tertiary/aromatic N) is 3. The third kappa shape index (κ3) is 2.88. The molecule has 0 unspecified atom stereocenters. The number of amides is 1. The number of halogens is 2. The third-order valence-electron chi connectivity index (χ3n) is 3.98. The van der Waals surface area contributed by atoms with Crippen molar-refractivity contribution >= 4 is 38.5 Å². The van der Waals surface area contributed by atoms with E-state index >= 15 is 0 Å². The zero-order chi connectivity index (χ0) is 18.3. The fourth-order valence-corrected chi connectivity index (χ4v) is 3.06. The molecule has 2 heterocycles. The van der Waals surface area contributed by atoms with E-state index in [0.717, 1.165) is 15.4 Å². The highest BCUT2D eigenvalue weighted by Crippen LogP contribution is 2.28. The van der Waals surface area contributed by atoms with E-state index in [1.165, 1.54) is 29.5 Å². The minimum absolute atomic E-state index is 0.193. The average molecular weight is 415 g/mol. The Labute approximate surface area is 155 Å². The van der Waals surface area contributed by atoms with Gasteiger partial charge in [-0.3, -0.25) is 4.79 Å². The fraction of sp³-hybridized carbons (Fsp3) is 0.0556. The quantitative estimate of drug-likeness (QED) is 0.536. The molecule has 2 aromatic carbocycles. The van der Waals surface area contributed by atoms with Crippen LogP contribution in [-0.4, -0.2) is 20.7 Å². The van der Waals surface area contributed by atoms with E-state index in [1.807, 2.05) is 19.1 Å². The van der Waals surface area contributed by atoms with Crippen LogP contribution in [0.4, 0.5) is 10.1 Å². The predicted molar refractivity (Wildman–Crippen MR) is 97.9 cm³/mol. The highest BCUT2D eigenvalue weighted by molar-refractivity contribution is 9.10. The molecule has 26 heavy (non-hydrogen) atoms. The van der Waals surface area contributed by atoms with Crippen molar-refractivity contribution in [1.29, 1.82) is 0 Å². The Bertz CT molecular complexity index is 1120. The molecule has 8 heteroatoms. The molecule has 4 aromatic rings. The normalized spacial score (nSPS) is 11.0. The maximum Gasteiger partial charge on any atom is 0.291 e. The molecule has 0 spiro atoms. The molecule has 6 nitrogen and oxygen atoms in total. The summed E-state index contributed by atoms with van der Waals surface area (Å²) < 4.78 is 22.1. The summed E-state index contributed by atoms with van der Waals surface area (Å²) in [6, 6.07) is 9.84. The minimum Gasteiger partial charge on any atom is -0.451 e. The van der Waals surface area contributed by atoms with Gasteiger partial charge in [0.2, 0.25) is 0 Å². The molecule has 0 aliphatic heterocycles. The zero-order valence-corrected chi connectivity index (χ0v) is 15.1. The molecule has 0 radical (unpaired) electrons. The lowest BCUT2D eigenvalue weighted by Gasteiger charge is -2.07. The number of benzene rings is 2. The largest absolute Gasteiger partial charge is 0.451 e. The molecule has 0 aliphatic carbocycles. The van der Waals surface area contributed by atoms with Gasteiger partial charge in [0.25, 0.3) is 5.91 Å². The molecule has 1 amide bonds. The van der Waals surface area contributed by atoms with Gasteiger partial charge in [-0.1, -0.05) is 15.9 Å². The lowest BCUT2D eigenvalue weighted by atomic mass is 10.1. The van der Waals surface area contributed by atoms with E-state index in [9.17, 15) is 9.18 Å². The summed E-state index contributed by atoms with van der Waals surface area (Å²) in [6.07, 6.45) is 2.71. The number of carbonyl (C=O) groups excluding carboxylic acids is 1. The number of aryl methyl sites for hydroxylation is 1. The van der Waals surface area contributed by atoms with Crippen LogP contribution in [0.25, 0.3) is 16.7 Å². The van der Waals surface area contributed by atoms with Gasteiger partial charge < -0.3 is 9.73 Å². The number of hydrogen-bond acceptors (Lipinski definition) is 4. The molecular formula is C18H12BrFN4O2. The van der Waals surface area contributed by atoms with Crippen molar-refractivity contribution in [2.24, 2.45) is 0 Å². The lowest BCUT2D eigenvalue weighted by Crippen LogP contribution is -2.12. The SMILES string of the molecule is Cc1c(C(=O)Nc2ccc(-n3cncn3)c(F)c2)oc2ccc(Br)cc12. The van der Waals surface area contributed by atoms with E-state index in [0.29, 0.717) is 11.3 Å². The van der Waals surface area contributed by atoms with Gasteiger partial charge in [-0.15, -0.1) is 0 Å². The number of nitrogens with one attached hydrogen (secondary N) is 1. The van der Waals surface area contributed by atoms with Crippen molar-refractivity contribution in [2.45, 2.75) is 6.92 Å². The molecule has 0 aliphatic rings. The lowest BCUT2D eigenvalue weighted by molar-refractivity contribution is 0.0998. The number of furan rings is 1. The van der Waals surface area contributed by atoms with Crippen LogP contribution < -0.4 is 5.32 Å². The Morgan fingerprint density at radius 3 is 2.85 bits per heavy atom. The molecule has 0 atom stereocenters. The van der Waals surface area contributed by atoms with E-state index < -0.39 is 11.7 Å². The summed E-state index contributed by atoms with van der Waals surface area (Å²) in [5.74, 6) is -0.778. The summed E-state index contributed by atoms with van der Waals surface area (Å²) in [7, 11) is 0. The van der Waals surface area contributed by atoms with Gasteiger partial charge in [0.1, 0.15) is 23.9 Å². The number of fused-ring (bicyclic) bond motifs is 1. The monoisotopic (exact) mass is 414 g/mol. The van der Waals surface area contributed by atoms with Gasteiger partial charge in [-0.25, -0.2) is 14.1 Å². The second kappa shape index (κ2) is 6.38. The summed E-state index contributed by atoms with van der Waals surface area (Å²) in [5.41, 5.74) is 1.89. The smallest absolute Gasteiger partial charge is 0.291 e. The van der Waals surface area contributed by atoms with Gasteiger partial charge in [0.05, 0.1) is 0 Å². The summed E-state index contributed by atoms with van der Waals surface area (Å²) in [6.45, 7) is 1.81. The van der Waals surface area contributed by atoms with Gasteiger partial charge in [-0.2, -0.15) is 5.10 Å². The zero-order valence-electron chi connectivity index (χ0n) is 13.5. The molecule has 1 N–H and O–H groups in total. The van der Waals surface area contributed by atoms with Crippen LogP contribution in [0.1, 0.15) is 16.1 Å². The van der Waals surface area contributed by atoms with Gasteiger partial charge in [-0.05, 0) is 43.3 Å². The van der Waals surface area contributed by atoms with Crippen molar-refractivity contribution in [3.8, 4) is 5.69 Å². The molecule has 4 rings (SSSR count). The van der Waals surface area contributed by atoms with E-state index in [4.69, 9.17) is 4.42 Å². The standard InChI is InChI=1S/C18H12BrFN4O2/c1-10-13-6-11(19)2-5-16(13)26-17(10)18(25)23-12-3-4-15(14(20)7-12)24-9-21-8-22-24/h2-9H,1H3,(H,23,25). The van der Waals surface area contributed by atoms with Crippen molar-refractivity contribution in [2.75, 3.05) is 5.32 Å². The van der Waals surface area contributed by atoms with Crippen molar-refractivity contribution in [1.82, 2.24) is 14.8 Å². The van der Waals surface area contributed by atoms with Crippen LogP contribution in [0.3, 0.4) is 0 Å². The van der Waals surface area contributed by atoms with Crippen LogP contribution in [0.15, 0.2) is 57.9 Å². The topological polar surface area (TPSA) is 73.0 Å². The fourth-order valence-electron chi connectivity index (χ4n) is 2.70. The summed E-state index contributed by atoms with van der Waals surface area (Å²) >= 11 is 3.40. The number of aromatic nitrogens is 3. The molecule has 0 bridgehead atoms. The first kappa shape index (κ1) is 16.5. The van der Waals surface area contributed by atoms with Crippen molar-refractivity contribution in [3.63, 3.8) is 0 Å². The first-order chi connectivity index (χ1) is 12.5. The van der Waals surface area contributed by atoms with E-state index in [-0.39, 0.29) is 11.4 Å². The average Bonchev–Trinajstić information content (AvgIpc) is 3.24. The summed E-state index contributed by atoms with van der Waals surface area (Å²) in [4.78, 5) is 16.3. The summed E-state index contributed by atoms with van der Waals surface area (Å²) in [5, 5.41) is 7.39. The Morgan fingerprint density at radius 1 is 1.27 bits per heavy atom. The van der Waals surface area contributed by atoms with Crippen LogP contribution >= 0.6 is 15.9 Å². The van der Waals surface area contributed by atoms with E-state index in [1.54, 1.807) is 12.1 Å². The molecule has 130 valence electrons. The van der Waals surface area contributed by atoms with Crippen LogP contribution in [0, 0.1) is 12.7 Å². The van der Waals surface area contributed by atoms with Gasteiger partial charge in [0.15, 0.2) is 11.6 Å². The highest BCUT2D eigenvalue weighted by Gasteiger charge is 2.18. The highest BCUT2D eigenvalue weighted by atomic mass is 79.9. The minimum atomic E-state index is -0.529. The van der Waals surface area contributed by atoms with Crippen molar-refractivity contribution < 1.29 is 13.6 Å². The Hall–Kier alpha value is -3.00. The molecular weight excluding hydrogens is 403 g/mol. The van der Waals surface area contributed by atoms with Gasteiger partial charge >= 0.3 is 0 Å². The number of hydrogen-bond donors (Lipinski definition) is 1. The van der Waals surface area contributed by atoms with Crippen LogP contribution in [-0.2, 0) is 0 Å². The molecule has 2 aromatic heterocycles. The Kier molecular flexibility index (Phi) is 4.04.